The number of carbonyl (C=O) groups excluding carboxylic acids is 1. The maximum absolute atomic E-state index is 12.1. The van der Waals surface area contributed by atoms with Gasteiger partial charge in [-0.2, -0.15) is 0 Å². The summed E-state index contributed by atoms with van der Waals surface area (Å²) in [6.45, 7) is 0. The Hall–Kier alpha value is -2.25. The highest BCUT2D eigenvalue weighted by molar-refractivity contribution is 9.10. The molecule has 0 radical (unpaired) electrons. The third-order valence-electron chi connectivity index (χ3n) is 3.27. The van der Waals surface area contributed by atoms with Gasteiger partial charge >= 0.3 is 0 Å². The lowest BCUT2D eigenvalue weighted by atomic mass is 10.2. The van der Waals surface area contributed by atoms with Crippen LogP contribution in [0.2, 0.25) is 0 Å². The summed E-state index contributed by atoms with van der Waals surface area (Å²) in [5, 5.41) is 3.27. The van der Waals surface area contributed by atoms with Gasteiger partial charge in [0.2, 0.25) is 5.91 Å². The largest absolute Gasteiger partial charge is 0.497 e. The van der Waals surface area contributed by atoms with Crippen LogP contribution >= 0.6 is 27.7 Å². The van der Waals surface area contributed by atoms with Crippen molar-refractivity contribution in [2.45, 2.75) is 5.22 Å². The van der Waals surface area contributed by atoms with Crippen LogP contribution < -0.4 is 10.1 Å². The Morgan fingerprint density at radius 1 is 1.28 bits per heavy atom. The lowest BCUT2D eigenvalue weighted by Crippen LogP contribution is -2.13. The van der Waals surface area contributed by atoms with Crippen molar-refractivity contribution in [3.63, 3.8) is 0 Å². The summed E-state index contributed by atoms with van der Waals surface area (Å²) < 4.78 is 11.8. The summed E-state index contributed by atoms with van der Waals surface area (Å²) in [6.07, 6.45) is 1.66. The normalized spacial score (nSPS) is 10.5. The van der Waals surface area contributed by atoms with Crippen molar-refractivity contribution in [2.24, 2.45) is 0 Å². The van der Waals surface area contributed by atoms with Crippen molar-refractivity contribution < 1.29 is 13.9 Å². The van der Waals surface area contributed by atoms with Gasteiger partial charge in [-0.15, -0.1) is 0 Å². The fourth-order valence-electron chi connectivity index (χ4n) is 2.13. The number of nitrogens with zero attached hydrogens (tertiary/aromatic N) is 1. The molecular formula is C18H15BrN2O3S. The first kappa shape index (κ1) is 17.6. The molecule has 0 aliphatic rings. The third kappa shape index (κ3) is 4.87. The zero-order chi connectivity index (χ0) is 17.6. The molecule has 5 nitrogen and oxygen atoms in total. The van der Waals surface area contributed by atoms with Gasteiger partial charge in [0.05, 0.1) is 19.1 Å². The van der Waals surface area contributed by atoms with E-state index in [1.807, 2.05) is 42.5 Å². The molecule has 7 heteroatoms. The molecule has 0 saturated carbocycles. The topological polar surface area (TPSA) is 64.4 Å². The molecule has 1 heterocycles. The van der Waals surface area contributed by atoms with Crippen LogP contribution in [-0.4, -0.2) is 23.8 Å². The first-order valence-corrected chi connectivity index (χ1v) is 9.20. The molecule has 0 aliphatic heterocycles. The number of hydrogen-bond acceptors (Lipinski definition) is 5. The number of amides is 1. The van der Waals surface area contributed by atoms with Crippen molar-refractivity contribution in [1.29, 1.82) is 0 Å². The molecule has 1 aromatic heterocycles. The van der Waals surface area contributed by atoms with E-state index in [0.717, 1.165) is 10.0 Å². The van der Waals surface area contributed by atoms with Crippen LogP contribution in [0.1, 0.15) is 0 Å². The van der Waals surface area contributed by atoms with Crippen molar-refractivity contribution in [3.8, 4) is 17.1 Å². The summed E-state index contributed by atoms with van der Waals surface area (Å²) in [5.74, 6) is 1.42. The maximum atomic E-state index is 12.1. The van der Waals surface area contributed by atoms with E-state index >= 15 is 0 Å². The summed E-state index contributed by atoms with van der Waals surface area (Å²) >= 11 is 4.67. The highest BCUT2D eigenvalue weighted by atomic mass is 79.9. The zero-order valence-electron chi connectivity index (χ0n) is 13.4. The molecule has 3 rings (SSSR count). The molecule has 0 saturated heterocycles. The molecule has 0 atom stereocenters. The van der Waals surface area contributed by atoms with Crippen LogP contribution in [0.15, 0.2) is 68.8 Å². The second-order valence-electron chi connectivity index (χ2n) is 5.07. The Labute approximate surface area is 157 Å². The molecule has 1 amide bonds. The van der Waals surface area contributed by atoms with E-state index in [4.69, 9.17) is 9.15 Å². The number of carbonyl (C=O) groups is 1. The molecule has 25 heavy (non-hydrogen) atoms. The van der Waals surface area contributed by atoms with Gasteiger partial charge in [0.15, 0.2) is 5.76 Å². The maximum Gasteiger partial charge on any atom is 0.256 e. The second-order valence-corrected chi connectivity index (χ2v) is 6.91. The van der Waals surface area contributed by atoms with Gasteiger partial charge in [-0.05, 0) is 24.3 Å². The smallest absolute Gasteiger partial charge is 0.256 e. The minimum atomic E-state index is -0.138. The number of anilines is 1. The number of hydrogen-bond donors (Lipinski definition) is 1. The number of benzene rings is 2. The first-order valence-electron chi connectivity index (χ1n) is 7.42. The number of rotatable bonds is 6. The van der Waals surface area contributed by atoms with Gasteiger partial charge < -0.3 is 14.5 Å². The number of nitrogens with one attached hydrogen (secondary N) is 1. The van der Waals surface area contributed by atoms with E-state index in [2.05, 4.69) is 26.2 Å². The number of halogens is 1. The standard InChI is InChI=1S/C18H15BrN2O3S/c1-23-15-7-3-6-14(9-15)21-17(22)11-25-18-20-10-16(24-18)12-4-2-5-13(19)8-12/h2-10H,11H2,1H3,(H,21,22). The van der Waals surface area contributed by atoms with Crippen molar-refractivity contribution in [2.75, 3.05) is 18.2 Å². The molecule has 1 N–H and O–H groups in total. The predicted octanol–water partition coefficient (Wildman–Crippen LogP) is 4.84. The number of methoxy groups -OCH3 is 1. The number of aromatic nitrogens is 1. The SMILES string of the molecule is COc1cccc(NC(=O)CSc2ncc(-c3cccc(Br)c3)o2)c1. The van der Waals surface area contributed by atoms with E-state index < -0.39 is 0 Å². The van der Waals surface area contributed by atoms with Crippen LogP contribution in [0.5, 0.6) is 5.75 Å². The fourth-order valence-corrected chi connectivity index (χ4v) is 3.13. The minimum absolute atomic E-state index is 0.138. The Bertz CT molecular complexity index is 882. The van der Waals surface area contributed by atoms with Crippen molar-refractivity contribution in [1.82, 2.24) is 4.98 Å². The second kappa shape index (κ2) is 8.22. The first-order chi connectivity index (χ1) is 12.1. The average Bonchev–Trinajstić information content (AvgIpc) is 3.09. The zero-order valence-corrected chi connectivity index (χ0v) is 15.8. The lowest BCUT2D eigenvalue weighted by molar-refractivity contribution is -0.113. The molecule has 0 unspecified atom stereocenters. The van der Waals surface area contributed by atoms with E-state index in [1.165, 1.54) is 11.8 Å². The van der Waals surface area contributed by atoms with Gasteiger partial charge in [-0.25, -0.2) is 4.98 Å². The Morgan fingerprint density at radius 3 is 2.92 bits per heavy atom. The average molecular weight is 419 g/mol. The monoisotopic (exact) mass is 418 g/mol. The molecular weight excluding hydrogens is 404 g/mol. The number of thioether (sulfide) groups is 1. The molecule has 0 aliphatic carbocycles. The molecule has 0 fully saturated rings. The molecule has 3 aromatic rings. The Kier molecular flexibility index (Phi) is 5.78. The van der Waals surface area contributed by atoms with Gasteiger partial charge in [-0.1, -0.05) is 45.9 Å². The molecule has 128 valence electrons. The van der Waals surface area contributed by atoms with Crippen LogP contribution in [0, 0.1) is 0 Å². The van der Waals surface area contributed by atoms with Crippen LogP contribution in [0.4, 0.5) is 5.69 Å². The molecule has 0 bridgehead atoms. The van der Waals surface area contributed by atoms with E-state index in [1.54, 1.807) is 19.4 Å². The Morgan fingerprint density at radius 2 is 2.12 bits per heavy atom. The number of oxazole rings is 1. The van der Waals surface area contributed by atoms with Gasteiger partial charge in [0.25, 0.3) is 5.22 Å². The van der Waals surface area contributed by atoms with E-state index in [0.29, 0.717) is 22.4 Å². The van der Waals surface area contributed by atoms with E-state index in [9.17, 15) is 4.79 Å². The minimum Gasteiger partial charge on any atom is -0.497 e. The van der Waals surface area contributed by atoms with Crippen molar-refractivity contribution in [3.05, 3.63) is 59.2 Å². The van der Waals surface area contributed by atoms with Gasteiger partial charge in [0, 0.05) is 21.8 Å². The molecule has 2 aromatic carbocycles. The highest BCUT2D eigenvalue weighted by Gasteiger charge is 2.10. The van der Waals surface area contributed by atoms with E-state index in [-0.39, 0.29) is 11.7 Å². The summed E-state index contributed by atoms with van der Waals surface area (Å²) in [7, 11) is 1.59. The molecule has 0 spiro atoms. The van der Waals surface area contributed by atoms with Crippen LogP contribution in [-0.2, 0) is 4.79 Å². The quantitative estimate of drug-likeness (QED) is 0.579. The van der Waals surface area contributed by atoms with Crippen LogP contribution in [0.25, 0.3) is 11.3 Å². The summed E-state index contributed by atoms with van der Waals surface area (Å²) in [6, 6.07) is 15.0. The predicted molar refractivity (Wildman–Crippen MR) is 102 cm³/mol. The Balaban J connectivity index is 1.57. The van der Waals surface area contributed by atoms with Crippen molar-refractivity contribution >= 4 is 39.3 Å². The highest BCUT2D eigenvalue weighted by Crippen LogP contribution is 2.27. The van der Waals surface area contributed by atoms with Gasteiger partial charge in [0.1, 0.15) is 5.75 Å². The van der Waals surface area contributed by atoms with Gasteiger partial charge in [-0.3, -0.25) is 4.79 Å². The number of ether oxygens (including phenoxy) is 1. The van der Waals surface area contributed by atoms with Crippen LogP contribution in [0.3, 0.4) is 0 Å². The fraction of sp³-hybridized carbons (Fsp3) is 0.111. The lowest BCUT2D eigenvalue weighted by Gasteiger charge is -2.06. The third-order valence-corrected chi connectivity index (χ3v) is 4.61. The summed E-state index contributed by atoms with van der Waals surface area (Å²) in [4.78, 5) is 16.3. The summed E-state index contributed by atoms with van der Waals surface area (Å²) in [5.41, 5.74) is 1.61.